The molecule has 0 amide bonds. The van der Waals surface area contributed by atoms with Crippen LogP contribution in [0.2, 0.25) is 19.6 Å². The van der Waals surface area contributed by atoms with Crippen LogP contribution in [0.5, 0.6) is 0 Å². The summed E-state index contributed by atoms with van der Waals surface area (Å²) in [6.07, 6.45) is 5.98. The van der Waals surface area contributed by atoms with Crippen molar-refractivity contribution in [1.82, 2.24) is 19.9 Å². The molecule has 4 aromatic rings. The van der Waals surface area contributed by atoms with Crippen molar-refractivity contribution < 1.29 is 9.90 Å². The van der Waals surface area contributed by atoms with Gasteiger partial charge in [0.15, 0.2) is 0 Å². The van der Waals surface area contributed by atoms with E-state index in [0.29, 0.717) is 5.56 Å². The summed E-state index contributed by atoms with van der Waals surface area (Å²) < 4.78 is 0. The molecule has 0 aliphatic carbocycles. The average molecular weight is 503 g/mol. The van der Waals surface area contributed by atoms with Crippen molar-refractivity contribution >= 4 is 65.1 Å². The number of H-pyrrole nitrogens is 2. The number of nitrogens with zero attached hydrogens (tertiary/aromatic N) is 2. The molecule has 0 unspecified atom stereocenters. The molecule has 3 N–H and O–H groups in total. The minimum absolute atomic E-state index is 0.295. The standard InChI is InChI=1S/C30H26N4O2Si/c1-37(2,3)27-11-18(10-19(12-27)30(35)36)28-16-26-15-24-7-6-22(32-24)13-20-4-5-21(31-20)14-23-8-9-25(33-23)17-29(28)34-26/h4-17,31-32H,1-3H3,(H,35,36). The van der Waals surface area contributed by atoms with Gasteiger partial charge in [0.05, 0.1) is 36.4 Å². The third kappa shape index (κ3) is 4.69. The molecule has 6 nitrogen and oxygen atoms in total. The number of hydrogen-bond acceptors (Lipinski definition) is 3. The van der Waals surface area contributed by atoms with Crippen LogP contribution in [0.4, 0.5) is 0 Å². The van der Waals surface area contributed by atoms with E-state index in [0.717, 1.165) is 61.2 Å². The van der Waals surface area contributed by atoms with Crippen molar-refractivity contribution in [3.8, 4) is 0 Å². The highest BCUT2D eigenvalue weighted by atomic mass is 28.3. The molecule has 0 spiro atoms. The molecule has 1 aromatic carbocycles. The highest BCUT2D eigenvalue weighted by Crippen LogP contribution is 2.30. The molecule has 8 bridgehead atoms. The topological polar surface area (TPSA) is 94.7 Å². The third-order valence-corrected chi connectivity index (χ3v) is 8.54. The molecule has 0 saturated heterocycles. The van der Waals surface area contributed by atoms with Gasteiger partial charge in [-0.25, -0.2) is 14.8 Å². The average Bonchev–Trinajstić information content (AvgIpc) is 3.63. The highest BCUT2D eigenvalue weighted by molar-refractivity contribution is 6.88. The van der Waals surface area contributed by atoms with E-state index in [9.17, 15) is 9.90 Å². The minimum Gasteiger partial charge on any atom is -0.478 e. The van der Waals surface area contributed by atoms with E-state index >= 15 is 0 Å². The number of nitrogens with one attached hydrogen (secondary N) is 2. The molecule has 5 heterocycles. The molecule has 0 fully saturated rings. The number of aromatic amines is 2. The molecule has 0 saturated carbocycles. The number of rotatable bonds is 3. The Balaban J connectivity index is 1.62. The van der Waals surface area contributed by atoms with Crippen molar-refractivity contribution in [3.63, 3.8) is 0 Å². The number of benzene rings is 1. The largest absolute Gasteiger partial charge is 0.478 e. The van der Waals surface area contributed by atoms with Gasteiger partial charge in [-0.3, -0.25) is 0 Å². The Labute approximate surface area is 215 Å². The Morgan fingerprint density at radius 1 is 0.730 bits per heavy atom. The monoisotopic (exact) mass is 502 g/mol. The van der Waals surface area contributed by atoms with Gasteiger partial charge in [-0.2, -0.15) is 0 Å². The quantitative estimate of drug-likeness (QED) is 0.247. The van der Waals surface area contributed by atoms with Crippen molar-refractivity contribution in [2.24, 2.45) is 0 Å². The van der Waals surface area contributed by atoms with Crippen molar-refractivity contribution in [1.29, 1.82) is 0 Å². The lowest BCUT2D eigenvalue weighted by Gasteiger charge is -2.19. The fourth-order valence-corrected chi connectivity index (χ4v) is 5.76. The van der Waals surface area contributed by atoms with Crippen LogP contribution in [0.15, 0.2) is 66.7 Å². The molecule has 2 aliphatic heterocycles. The van der Waals surface area contributed by atoms with E-state index < -0.39 is 14.0 Å². The van der Waals surface area contributed by atoms with Crippen molar-refractivity contribution in [2.45, 2.75) is 19.6 Å². The summed E-state index contributed by atoms with van der Waals surface area (Å²) in [5, 5.41) is 10.9. The van der Waals surface area contributed by atoms with Gasteiger partial charge in [-0.1, -0.05) is 30.9 Å². The lowest BCUT2D eigenvalue weighted by molar-refractivity contribution is 0.0697. The molecule has 3 aromatic heterocycles. The predicted octanol–water partition coefficient (Wildman–Crippen LogP) is 6.32. The van der Waals surface area contributed by atoms with Crippen molar-refractivity contribution in [2.75, 3.05) is 0 Å². The third-order valence-electron chi connectivity index (χ3n) is 6.52. The number of fused-ring (bicyclic) bond motifs is 8. The van der Waals surface area contributed by atoms with Crippen LogP contribution in [0, 0.1) is 0 Å². The second-order valence-corrected chi connectivity index (χ2v) is 15.5. The number of aromatic nitrogens is 4. The Morgan fingerprint density at radius 3 is 1.95 bits per heavy atom. The summed E-state index contributed by atoms with van der Waals surface area (Å²) in [6.45, 7) is 6.66. The Bertz CT molecular complexity index is 1800. The Kier molecular flexibility index (Phi) is 5.31. The summed E-state index contributed by atoms with van der Waals surface area (Å²) >= 11 is 0. The van der Waals surface area contributed by atoms with E-state index in [4.69, 9.17) is 9.97 Å². The first-order valence-electron chi connectivity index (χ1n) is 12.2. The summed E-state index contributed by atoms with van der Waals surface area (Å²) in [7, 11) is -1.77. The maximum atomic E-state index is 12.0. The SMILES string of the molecule is C[Si](C)(C)c1cc(C(=O)O)cc(C2=Cc3cc4ccc(cc5ccc(cc6nc(cc2n3)C=C6)[nH]5)[nH]4)c1. The normalized spacial score (nSPS) is 13.0. The molecule has 0 atom stereocenters. The minimum atomic E-state index is -1.77. The first-order chi connectivity index (χ1) is 17.7. The van der Waals surface area contributed by atoms with Crippen LogP contribution in [0.25, 0.3) is 45.9 Å². The van der Waals surface area contributed by atoms with Crippen molar-refractivity contribution in [3.05, 3.63) is 101 Å². The van der Waals surface area contributed by atoms with Gasteiger partial charge in [0.2, 0.25) is 0 Å². The number of aromatic carboxylic acids is 1. The van der Waals surface area contributed by atoms with Gasteiger partial charge < -0.3 is 15.1 Å². The molecule has 6 rings (SSSR count). The van der Waals surface area contributed by atoms with E-state index in [1.54, 1.807) is 6.07 Å². The lowest BCUT2D eigenvalue weighted by Crippen LogP contribution is -2.38. The molecule has 37 heavy (non-hydrogen) atoms. The summed E-state index contributed by atoms with van der Waals surface area (Å²) in [5.41, 5.74) is 9.11. The summed E-state index contributed by atoms with van der Waals surface area (Å²) in [6, 6.07) is 21.9. The molecule has 0 radical (unpaired) electrons. The first kappa shape index (κ1) is 22.9. The fourth-order valence-electron chi connectivity index (χ4n) is 4.59. The zero-order valence-electron chi connectivity index (χ0n) is 20.8. The number of carbonyl (C=O) groups is 1. The van der Waals surface area contributed by atoms with E-state index in [2.05, 4.69) is 41.7 Å². The zero-order valence-corrected chi connectivity index (χ0v) is 21.8. The van der Waals surface area contributed by atoms with E-state index in [-0.39, 0.29) is 0 Å². The van der Waals surface area contributed by atoms with Gasteiger partial charge >= 0.3 is 5.97 Å². The highest BCUT2D eigenvalue weighted by Gasteiger charge is 2.22. The van der Waals surface area contributed by atoms with Crippen LogP contribution >= 0.6 is 0 Å². The summed E-state index contributed by atoms with van der Waals surface area (Å²) in [4.78, 5) is 28.5. The van der Waals surface area contributed by atoms with E-state index in [1.165, 1.54) is 0 Å². The fraction of sp³-hybridized carbons (Fsp3) is 0.100. The Morgan fingerprint density at radius 2 is 1.32 bits per heavy atom. The van der Waals surface area contributed by atoms with Crippen LogP contribution in [0.3, 0.4) is 0 Å². The maximum absolute atomic E-state index is 12.0. The second kappa shape index (κ2) is 8.57. The van der Waals surface area contributed by atoms with Gasteiger partial charge in [0, 0.05) is 27.6 Å². The smallest absolute Gasteiger partial charge is 0.335 e. The first-order valence-corrected chi connectivity index (χ1v) is 15.7. The van der Waals surface area contributed by atoms with Gasteiger partial charge in [-0.05, 0) is 84.5 Å². The van der Waals surface area contributed by atoms with Crippen LogP contribution in [-0.2, 0) is 0 Å². The van der Waals surface area contributed by atoms with Crippen LogP contribution in [0.1, 0.15) is 38.7 Å². The lowest BCUT2D eigenvalue weighted by atomic mass is 10.0. The van der Waals surface area contributed by atoms with Crippen LogP contribution < -0.4 is 5.19 Å². The summed E-state index contributed by atoms with van der Waals surface area (Å²) in [5.74, 6) is -0.927. The number of carboxylic acid groups (broad SMARTS) is 1. The Hall–Kier alpha value is -4.49. The number of hydrogen-bond donors (Lipinski definition) is 3. The predicted molar refractivity (Wildman–Crippen MR) is 153 cm³/mol. The number of carboxylic acids is 1. The molecule has 7 heteroatoms. The molecular formula is C30H26N4O2Si. The van der Waals surface area contributed by atoms with Gasteiger partial charge in [0.1, 0.15) is 0 Å². The second-order valence-electron chi connectivity index (χ2n) is 10.4. The van der Waals surface area contributed by atoms with Gasteiger partial charge in [0.25, 0.3) is 0 Å². The van der Waals surface area contributed by atoms with Crippen LogP contribution in [-0.4, -0.2) is 39.1 Å². The maximum Gasteiger partial charge on any atom is 0.335 e. The van der Waals surface area contributed by atoms with E-state index in [1.807, 2.05) is 66.8 Å². The molecule has 182 valence electrons. The zero-order chi connectivity index (χ0) is 25.7. The molecular weight excluding hydrogens is 476 g/mol. The molecule has 2 aliphatic rings. The van der Waals surface area contributed by atoms with Gasteiger partial charge in [-0.15, -0.1) is 0 Å².